The van der Waals surface area contributed by atoms with Crippen LogP contribution in [0.2, 0.25) is 0 Å². The molecule has 0 aliphatic heterocycles. The molecule has 0 aromatic rings. The molecule has 0 spiro atoms. The molecule has 2 nitrogen and oxygen atoms in total. The van der Waals surface area contributed by atoms with E-state index in [4.69, 9.17) is 10.2 Å². The van der Waals surface area contributed by atoms with Gasteiger partial charge in [0.05, 0.1) is 0 Å². The number of hydrogen-bond acceptors (Lipinski definition) is 4. The molecule has 0 amide bonds. The summed E-state index contributed by atoms with van der Waals surface area (Å²) in [5.74, 6) is -128. The molecule has 0 radical (unpaired) electrons. The van der Waals surface area contributed by atoms with Gasteiger partial charge in [0.25, 0.3) is 0 Å². The van der Waals surface area contributed by atoms with E-state index in [0.29, 0.717) is 0 Å². The fourth-order valence-electron chi connectivity index (χ4n) is 3.49. The lowest BCUT2D eigenvalue weighted by Gasteiger charge is -2.43. The summed E-state index contributed by atoms with van der Waals surface area (Å²) in [5.41, 5.74) is 0. The number of thioether (sulfide) groups is 2. The fraction of sp³-hybridized carbons (Fsp3) is 1.00. The van der Waals surface area contributed by atoms with E-state index in [2.05, 4.69) is 0 Å². The first-order chi connectivity index (χ1) is 25.5. The molecule has 2 unspecified atom stereocenters. The second-order valence-electron chi connectivity index (χ2n) is 11.3. The Morgan fingerprint density at radius 2 is 0.400 bits per heavy atom. The Balaban J connectivity index is 6.07. The lowest BCUT2D eigenvalue weighted by molar-refractivity contribution is -0.463. The molecule has 2 atom stereocenters. The molecule has 38 heteroatoms. The van der Waals surface area contributed by atoms with Crippen molar-refractivity contribution >= 4 is 23.5 Å². The van der Waals surface area contributed by atoms with Gasteiger partial charge in [0.2, 0.25) is 0 Å². The van der Waals surface area contributed by atoms with Crippen LogP contribution in [0.1, 0.15) is 0 Å². The second kappa shape index (κ2) is 16.0. The molecule has 0 aliphatic rings. The van der Waals surface area contributed by atoms with Crippen molar-refractivity contribution in [2.75, 3.05) is 23.0 Å². The standard InChI is InChI=1S/C22H12F34O2S2/c23-7(24,9(27,28)11(31,32)13(35,36)15(39,40)17(43,44)19(47,48)21(51,52)53)5(57)3-59-1-2-60-4-6(58)8(25,26)10(29,30)12(33,34)14(37,38)16(41,42)18(45,46)20(49,50)22(54,55)56/h5-6,57-58H,1-4H2. The average Bonchev–Trinajstić information content (AvgIpc) is 3.03. The highest BCUT2D eigenvalue weighted by Crippen LogP contribution is 2.66. The minimum Gasteiger partial charge on any atom is -0.386 e. The normalized spacial score (nSPS) is 17.6. The molecule has 0 aromatic heterocycles. The third-order valence-electron chi connectivity index (χ3n) is 7.25. The molecule has 0 heterocycles. The molecule has 60 heavy (non-hydrogen) atoms. The van der Waals surface area contributed by atoms with E-state index in [0.717, 1.165) is 0 Å². The maximum absolute atomic E-state index is 14.0. The number of halogens is 34. The zero-order chi connectivity index (χ0) is 49.4. The lowest BCUT2D eigenvalue weighted by Crippen LogP contribution is -2.75. The highest BCUT2D eigenvalue weighted by Gasteiger charge is 2.97. The van der Waals surface area contributed by atoms with Gasteiger partial charge < -0.3 is 10.2 Å². The van der Waals surface area contributed by atoms with Crippen LogP contribution < -0.4 is 0 Å². The molecule has 0 aliphatic carbocycles. The van der Waals surface area contributed by atoms with E-state index >= 15 is 0 Å². The summed E-state index contributed by atoms with van der Waals surface area (Å²) in [7, 11) is 0. The first-order valence-corrected chi connectivity index (χ1v) is 15.8. The highest BCUT2D eigenvalue weighted by atomic mass is 32.2. The van der Waals surface area contributed by atoms with E-state index in [1.165, 1.54) is 0 Å². The monoisotopic (exact) mass is 1020 g/mol. The van der Waals surface area contributed by atoms with Gasteiger partial charge in [-0.05, 0) is 0 Å². The molecule has 0 rings (SSSR count). The molecule has 0 saturated carbocycles. The van der Waals surface area contributed by atoms with Gasteiger partial charge in [0.15, 0.2) is 0 Å². The van der Waals surface area contributed by atoms with Crippen LogP contribution in [0.4, 0.5) is 149 Å². The Morgan fingerprint density at radius 1 is 0.250 bits per heavy atom. The van der Waals surface area contributed by atoms with Crippen molar-refractivity contribution in [3.63, 3.8) is 0 Å². The number of aliphatic hydroxyl groups excluding tert-OH is 2. The Bertz CT molecular complexity index is 1360. The summed E-state index contributed by atoms with van der Waals surface area (Å²) in [5, 5.41) is 18.2. The summed E-state index contributed by atoms with van der Waals surface area (Å²) in [6.07, 6.45) is -25.5. The van der Waals surface area contributed by atoms with Crippen LogP contribution in [-0.2, 0) is 0 Å². The zero-order valence-electron chi connectivity index (χ0n) is 26.5. The van der Waals surface area contributed by atoms with Crippen molar-refractivity contribution in [1.82, 2.24) is 0 Å². The molecule has 0 fully saturated rings. The van der Waals surface area contributed by atoms with Crippen molar-refractivity contribution in [2.24, 2.45) is 0 Å². The predicted molar refractivity (Wildman–Crippen MR) is 128 cm³/mol. The summed E-state index contributed by atoms with van der Waals surface area (Å²) in [6, 6.07) is 0. The van der Waals surface area contributed by atoms with Crippen LogP contribution >= 0.6 is 23.5 Å². The number of hydrogen-bond donors (Lipinski definition) is 2. The van der Waals surface area contributed by atoms with Crippen LogP contribution in [-0.4, -0.2) is 141 Å². The summed E-state index contributed by atoms with van der Waals surface area (Å²) in [6.45, 7) is 0. The fourth-order valence-corrected chi connectivity index (χ4v) is 5.63. The molecule has 362 valence electrons. The molecule has 0 bridgehead atoms. The Morgan fingerprint density at radius 3 is 0.567 bits per heavy atom. The Kier molecular flexibility index (Phi) is 15.6. The van der Waals surface area contributed by atoms with E-state index in [9.17, 15) is 149 Å². The molecular formula is C22H12F34O2S2. The minimum atomic E-state index is -9.04. The molecule has 0 saturated heterocycles. The van der Waals surface area contributed by atoms with Crippen molar-refractivity contribution < 1.29 is 159 Å². The number of aliphatic hydroxyl groups is 2. The van der Waals surface area contributed by atoms with Crippen LogP contribution in [0.3, 0.4) is 0 Å². The number of rotatable bonds is 21. The minimum absolute atomic E-state index is 0.722. The maximum Gasteiger partial charge on any atom is 0.460 e. The molecule has 0 aromatic carbocycles. The third-order valence-corrected chi connectivity index (χ3v) is 9.60. The van der Waals surface area contributed by atoms with Gasteiger partial charge in [0.1, 0.15) is 12.2 Å². The van der Waals surface area contributed by atoms with Crippen molar-refractivity contribution in [3.05, 3.63) is 0 Å². The number of alkyl halides is 34. The quantitative estimate of drug-likeness (QED) is 0.0888. The van der Waals surface area contributed by atoms with Gasteiger partial charge in [-0.15, -0.1) is 0 Å². The predicted octanol–water partition coefficient (Wildman–Crippen LogP) is 11.2. The van der Waals surface area contributed by atoms with Crippen LogP contribution in [0.15, 0.2) is 0 Å². The van der Waals surface area contributed by atoms with Crippen molar-refractivity contribution in [1.29, 1.82) is 0 Å². The molecular weight excluding hydrogens is 1010 g/mol. The second-order valence-corrected chi connectivity index (χ2v) is 13.6. The van der Waals surface area contributed by atoms with Gasteiger partial charge in [-0.1, -0.05) is 0 Å². The van der Waals surface area contributed by atoms with Crippen molar-refractivity contribution in [2.45, 2.75) is 107 Å². The Hall–Kier alpha value is -1.76. The van der Waals surface area contributed by atoms with Gasteiger partial charge in [0, 0.05) is 23.0 Å². The van der Waals surface area contributed by atoms with E-state index in [1.807, 2.05) is 0 Å². The van der Waals surface area contributed by atoms with E-state index in [1.54, 1.807) is 0 Å². The van der Waals surface area contributed by atoms with Gasteiger partial charge in [-0.2, -0.15) is 173 Å². The van der Waals surface area contributed by atoms with E-state index < -0.39 is 154 Å². The SMILES string of the molecule is OC(CSCCSCC(O)C(F)(F)C(F)(F)C(F)(F)C(F)(F)C(F)(F)C(F)(F)C(F)(F)C(F)(F)F)C(F)(F)C(F)(F)C(F)(F)C(F)(F)C(F)(F)C(F)(F)C(F)(F)C(F)(F)F. The van der Waals surface area contributed by atoms with Gasteiger partial charge in [-0.25, -0.2) is 0 Å². The third kappa shape index (κ3) is 8.14. The van der Waals surface area contributed by atoms with Crippen molar-refractivity contribution in [3.8, 4) is 0 Å². The van der Waals surface area contributed by atoms with Crippen LogP contribution in [0, 0.1) is 0 Å². The van der Waals surface area contributed by atoms with E-state index in [-0.39, 0.29) is 0 Å². The summed E-state index contributed by atoms with van der Waals surface area (Å²) in [4.78, 5) is 0. The Labute approximate surface area is 314 Å². The largest absolute Gasteiger partial charge is 0.460 e. The smallest absolute Gasteiger partial charge is 0.386 e. The molecule has 2 N–H and O–H groups in total. The lowest BCUT2D eigenvalue weighted by atomic mass is 9.88. The van der Waals surface area contributed by atoms with Crippen LogP contribution in [0.5, 0.6) is 0 Å². The average molecular weight is 1020 g/mol. The van der Waals surface area contributed by atoms with Gasteiger partial charge >= 0.3 is 95.3 Å². The van der Waals surface area contributed by atoms with Gasteiger partial charge in [-0.3, -0.25) is 0 Å². The highest BCUT2D eigenvalue weighted by molar-refractivity contribution is 8.02. The van der Waals surface area contributed by atoms with Crippen LogP contribution in [0.25, 0.3) is 0 Å². The first-order valence-electron chi connectivity index (χ1n) is 13.5. The maximum atomic E-state index is 14.0. The summed E-state index contributed by atoms with van der Waals surface area (Å²) < 4.78 is 453. The first kappa shape index (κ1) is 58.2. The zero-order valence-corrected chi connectivity index (χ0v) is 28.2. The summed E-state index contributed by atoms with van der Waals surface area (Å²) >= 11 is -1.44. The topological polar surface area (TPSA) is 40.5 Å².